The Kier molecular flexibility index (Phi) is 7.25. The normalized spacial score (nSPS) is 10.8. The van der Waals surface area contributed by atoms with Gasteiger partial charge in [0.15, 0.2) is 0 Å². The van der Waals surface area contributed by atoms with Crippen molar-refractivity contribution < 1.29 is 14.3 Å². The van der Waals surface area contributed by atoms with Crippen LogP contribution in [0.5, 0.6) is 11.5 Å². The van der Waals surface area contributed by atoms with E-state index in [0.717, 1.165) is 22.5 Å². The zero-order valence-electron chi connectivity index (χ0n) is 21.6. The molecule has 196 valence electrons. The molecule has 0 atom stereocenters. The number of aryl methyl sites for hydroxylation is 3. The highest BCUT2D eigenvalue weighted by atomic mass is 32.1. The Bertz CT molecular complexity index is 1740. The molecule has 0 spiro atoms. The fraction of sp³-hybridized carbons (Fsp3) is 0.133. The summed E-state index contributed by atoms with van der Waals surface area (Å²) in [6.45, 7) is 5.42. The number of amides is 2. The second kappa shape index (κ2) is 10.9. The van der Waals surface area contributed by atoms with E-state index in [0.29, 0.717) is 43.5 Å². The van der Waals surface area contributed by atoms with Gasteiger partial charge in [-0.1, -0.05) is 35.9 Å². The molecular weight excluding hydrogens is 512 g/mol. The van der Waals surface area contributed by atoms with Crippen LogP contribution in [0.2, 0.25) is 0 Å². The molecule has 2 heterocycles. The summed E-state index contributed by atoms with van der Waals surface area (Å²) in [7, 11) is 0. The van der Waals surface area contributed by atoms with Crippen molar-refractivity contribution in [3.8, 4) is 11.5 Å². The van der Waals surface area contributed by atoms with E-state index < -0.39 is 0 Å². The highest BCUT2D eigenvalue weighted by Gasteiger charge is 2.20. The molecule has 0 radical (unpaired) electrons. The molecule has 39 heavy (non-hydrogen) atoms. The summed E-state index contributed by atoms with van der Waals surface area (Å²) >= 11 is 1.16. The zero-order valence-corrected chi connectivity index (χ0v) is 22.5. The number of carbonyl (C=O) groups is 2. The molecule has 2 amide bonds. The molecule has 0 aliphatic carbocycles. The van der Waals surface area contributed by atoms with Gasteiger partial charge in [-0.15, -0.1) is 11.3 Å². The van der Waals surface area contributed by atoms with Crippen LogP contribution in [0.1, 0.15) is 26.4 Å². The molecule has 0 aliphatic heterocycles. The van der Waals surface area contributed by atoms with Gasteiger partial charge in [-0.25, -0.2) is 4.98 Å². The summed E-state index contributed by atoms with van der Waals surface area (Å²) in [6.07, 6.45) is 1.34. The van der Waals surface area contributed by atoms with Crippen LogP contribution in [-0.4, -0.2) is 21.4 Å². The van der Waals surface area contributed by atoms with E-state index in [9.17, 15) is 14.4 Å². The summed E-state index contributed by atoms with van der Waals surface area (Å²) in [5.41, 5.74) is 3.50. The highest BCUT2D eigenvalue weighted by molar-refractivity contribution is 7.20. The van der Waals surface area contributed by atoms with Crippen LogP contribution in [0.4, 0.5) is 11.4 Å². The minimum atomic E-state index is -0.379. The second-order valence-corrected chi connectivity index (χ2v) is 10.2. The molecule has 5 rings (SSSR count). The predicted molar refractivity (Wildman–Crippen MR) is 154 cm³/mol. The first-order valence-electron chi connectivity index (χ1n) is 12.3. The summed E-state index contributed by atoms with van der Waals surface area (Å²) < 4.78 is 7.02. The van der Waals surface area contributed by atoms with Crippen LogP contribution < -0.4 is 20.9 Å². The molecule has 0 aliphatic rings. The maximum absolute atomic E-state index is 13.2. The molecule has 0 fully saturated rings. The number of hydrogen-bond acceptors (Lipinski definition) is 6. The van der Waals surface area contributed by atoms with Crippen molar-refractivity contribution in [3.63, 3.8) is 0 Å². The maximum Gasteiger partial charge on any atom is 0.266 e. The van der Waals surface area contributed by atoms with E-state index in [2.05, 4.69) is 15.6 Å². The van der Waals surface area contributed by atoms with Crippen LogP contribution in [0.15, 0.2) is 83.9 Å². The smallest absolute Gasteiger partial charge is 0.266 e. The van der Waals surface area contributed by atoms with Gasteiger partial charge in [0.05, 0.1) is 16.6 Å². The molecule has 2 aromatic heterocycles. The van der Waals surface area contributed by atoms with E-state index in [4.69, 9.17) is 4.74 Å². The number of benzene rings is 3. The Morgan fingerprint density at radius 1 is 0.923 bits per heavy atom. The highest BCUT2D eigenvalue weighted by Crippen LogP contribution is 2.28. The Labute approximate surface area is 228 Å². The number of thiophene rings is 1. The largest absolute Gasteiger partial charge is 0.457 e. The summed E-state index contributed by atoms with van der Waals surface area (Å²) in [5.74, 6) is 0.670. The van der Waals surface area contributed by atoms with Crippen LogP contribution in [0, 0.1) is 20.8 Å². The number of hydrogen-bond donors (Lipinski definition) is 2. The number of rotatable bonds is 7. The fourth-order valence-electron chi connectivity index (χ4n) is 4.21. The van der Waals surface area contributed by atoms with Gasteiger partial charge in [0, 0.05) is 11.4 Å². The van der Waals surface area contributed by atoms with Gasteiger partial charge in [-0.2, -0.15) is 0 Å². The second-order valence-electron chi connectivity index (χ2n) is 9.17. The number of para-hydroxylation sites is 1. The lowest BCUT2D eigenvalue weighted by Crippen LogP contribution is -2.27. The van der Waals surface area contributed by atoms with E-state index in [1.165, 1.54) is 10.9 Å². The molecular formula is C30H26N4O4S. The molecule has 0 unspecified atom stereocenters. The Morgan fingerprint density at radius 3 is 2.36 bits per heavy atom. The van der Waals surface area contributed by atoms with Gasteiger partial charge in [-0.3, -0.25) is 19.0 Å². The molecule has 8 nitrogen and oxygen atoms in total. The number of aromatic nitrogens is 2. The minimum Gasteiger partial charge on any atom is -0.457 e. The first-order valence-corrected chi connectivity index (χ1v) is 13.1. The van der Waals surface area contributed by atoms with E-state index >= 15 is 0 Å². The molecule has 5 aromatic rings. The minimum absolute atomic E-state index is 0.219. The van der Waals surface area contributed by atoms with Gasteiger partial charge in [0.25, 0.3) is 11.5 Å². The van der Waals surface area contributed by atoms with Gasteiger partial charge < -0.3 is 15.4 Å². The summed E-state index contributed by atoms with van der Waals surface area (Å²) in [5, 5.41) is 6.05. The van der Waals surface area contributed by atoms with Crippen molar-refractivity contribution in [2.45, 2.75) is 27.3 Å². The Morgan fingerprint density at radius 2 is 1.64 bits per heavy atom. The van der Waals surface area contributed by atoms with Gasteiger partial charge in [0.1, 0.15) is 22.9 Å². The Hall–Kier alpha value is -4.76. The predicted octanol–water partition coefficient (Wildman–Crippen LogP) is 6.07. The molecule has 2 N–H and O–H groups in total. The number of carbonyl (C=O) groups excluding carboxylic acids is 2. The number of nitrogens with one attached hydrogen (secondary N) is 2. The molecule has 9 heteroatoms. The molecule has 3 aromatic carbocycles. The maximum atomic E-state index is 13.2. The van der Waals surface area contributed by atoms with Crippen molar-refractivity contribution in [1.82, 2.24) is 9.55 Å². The lowest BCUT2D eigenvalue weighted by molar-refractivity contribution is -0.116. The van der Waals surface area contributed by atoms with Crippen LogP contribution >= 0.6 is 11.3 Å². The van der Waals surface area contributed by atoms with Gasteiger partial charge in [0.2, 0.25) is 5.91 Å². The third-order valence-electron chi connectivity index (χ3n) is 6.18. The lowest BCUT2D eigenvalue weighted by Gasteiger charge is -2.09. The van der Waals surface area contributed by atoms with E-state index in [1.54, 1.807) is 31.2 Å². The van der Waals surface area contributed by atoms with Crippen molar-refractivity contribution in [2.75, 3.05) is 10.6 Å². The first kappa shape index (κ1) is 25.9. The third kappa shape index (κ3) is 5.73. The molecule has 0 bridgehead atoms. The lowest BCUT2D eigenvalue weighted by atomic mass is 10.1. The van der Waals surface area contributed by atoms with E-state index in [-0.39, 0.29) is 23.9 Å². The number of ether oxygens (including phenoxy) is 1. The monoisotopic (exact) mass is 538 g/mol. The summed E-state index contributed by atoms with van der Waals surface area (Å²) in [6, 6.07) is 22.1. The van der Waals surface area contributed by atoms with Crippen molar-refractivity contribution in [1.29, 1.82) is 0 Å². The average molecular weight is 539 g/mol. The van der Waals surface area contributed by atoms with E-state index in [1.807, 2.05) is 62.4 Å². The SMILES string of the molecule is Cc1ccc(NC(=O)c2sc3ncn(CC(=O)Nc4ccc(Oc5ccccc5)cc4)c(=O)c3c2C)c(C)c1. The van der Waals surface area contributed by atoms with Crippen LogP contribution in [0.3, 0.4) is 0 Å². The summed E-state index contributed by atoms with van der Waals surface area (Å²) in [4.78, 5) is 44.2. The Balaban J connectivity index is 1.29. The van der Waals surface area contributed by atoms with Gasteiger partial charge in [-0.05, 0) is 74.4 Å². The van der Waals surface area contributed by atoms with Crippen LogP contribution in [-0.2, 0) is 11.3 Å². The number of anilines is 2. The fourth-order valence-corrected chi connectivity index (χ4v) is 5.24. The van der Waals surface area contributed by atoms with Crippen molar-refractivity contribution >= 4 is 44.7 Å². The first-order chi connectivity index (χ1) is 18.8. The molecule has 0 saturated carbocycles. The topological polar surface area (TPSA) is 102 Å². The third-order valence-corrected chi connectivity index (χ3v) is 7.38. The van der Waals surface area contributed by atoms with Crippen LogP contribution in [0.25, 0.3) is 10.2 Å². The van der Waals surface area contributed by atoms with Gasteiger partial charge >= 0.3 is 0 Å². The standard InChI is InChI=1S/C30H26N4O4S/c1-18-9-14-24(19(2)15-18)33-28(36)27-20(3)26-29(39-27)31-17-34(30(26)37)16-25(35)32-21-10-12-23(13-11-21)38-22-7-5-4-6-8-22/h4-15,17H,16H2,1-3H3,(H,32,35)(H,33,36). The van der Waals surface area contributed by atoms with Crippen molar-refractivity contribution in [3.05, 3.63) is 111 Å². The quantitative estimate of drug-likeness (QED) is 0.262. The zero-order chi connectivity index (χ0) is 27.5. The molecule has 0 saturated heterocycles. The number of nitrogens with zero attached hydrogens (tertiary/aromatic N) is 2. The number of fused-ring (bicyclic) bond motifs is 1. The average Bonchev–Trinajstić information content (AvgIpc) is 3.26. The van der Waals surface area contributed by atoms with Crippen molar-refractivity contribution in [2.24, 2.45) is 0 Å².